The lowest BCUT2D eigenvalue weighted by atomic mass is 10.00. The van der Waals surface area contributed by atoms with Gasteiger partial charge < -0.3 is 10.1 Å². The molecule has 0 aliphatic carbocycles. The van der Waals surface area contributed by atoms with Crippen LogP contribution in [0.5, 0.6) is 0 Å². The summed E-state index contributed by atoms with van der Waals surface area (Å²) in [5.41, 5.74) is 13.1. The Labute approximate surface area is 138 Å². The van der Waals surface area contributed by atoms with Gasteiger partial charge in [0.15, 0.2) is 0 Å². The largest absolute Gasteiger partial charge is 0.330 e. The van der Waals surface area contributed by atoms with E-state index in [0.29, 0.717) is 12.5 Å². The molecule has 2 N–H and O–H groups in total. The van der Waals surface area contributed by atoms with Crippen molar-refractivity contribution in [2.75, 3.05) is 6.54 Å². The molecule has 0 saturated carbocycles. The molecule has 3 nitrogen and oxygen atoms in total. The number of imidazole rings is 1. The van der Waals surface area contributed by atoms with Gasteiger partial charge in [0.1, 0.15) is 5.65 Å². The first-order chi connectivity index (χ1) is 11.1. The number of hydrogen-bond acceptors (Lipinski definition) is 2. The number of rotatable bonds is 5. The molecule has 0 atom stereocenters. The topological polar surface area (TPSA) is 43.3 Å². The number of nitrogens with zero attached hydrogens (tertiary/aromatic N) is 2. The SMILES string of the molecule is Cc1cccc2nc(Cc3ccc(C(C)C)cc3)c(CCN)n12. The molecule has 0 fully saturated rings. The maximum absolute atomic E-state index is 5.84. The Morgan fingerprint density at radius 3 is 2.48 bits per heavy atom. The van der Waals surface area contributed by atoms with E-state index in [2.05, 4.69) is 67.6 Å². The molecule has 0 unspecified atom stereocenters. The minimum atomic E-state index is 0.565. The second-order valence-corrected chi connectivity index (χ2v) is 6.48. The quantitative estimate of drug-likeness (QED) is 0.778. The highest BCUT2D eigenvalue weighted by atomic mass is 15.0. The van der Waals surface area contributed by atoms with Crippen LogP contribution < -0.4 is 5.73 Å². The molecule has 0 aliphatic rings. The zero-order valence-electron chi connectivity index (χ0n) is 14.2. The Balaban J connectivity index is 1.98. The highest BCUT2D eigenvalue weighted by molar-refractivity contribution is 5.46. The van der Waals surface area contributed by atoms with E-state index in [1.807, 2.05) is 0 Å². The summed E-state index contributed by atoms with van der Waals surface area (Å²) in [5.74, 6) is 0.565. The highest BCUT2D eigenvalue weighted by Gasteiger charge is 2.13. The van der Waals surface area contributed by atoms with Crippen molar-refractivity contribution in [3.8, 4) is 0 Å². The summed E-state index contributed by atoms with van der Waals surface area (Å²) >= 11 is 0. The lowest BCUT2D eigenvalue weighted by molar-refractivity contribution is 0.861. The molecule has 0 saturated heterocycles. The van der Waals surface area contributed by atoms with Gasteiger partial charge in [-0.15, -0.1) is 0 Å². The molecule has 0 aliphatic heterocycles. The molecule has 3 rings (SSSR count). The molecule has 0 amide bonds. The molecule has 0 radical (unpaired) electrons. The maximum atomic E-state index is 5.84. The van der Waals surface area contributed by atoms with Crippen molar-refractivity contribution in [2.45, 2.75) is 39.5 Å². The zero-order valence-corrected chi connectivity index (χ0v) is 14.2. The van der Waals surface area contributed by atoms with E-state index in [1.165, 1.54) is 22.5 Å². The van der Waals surface area contributed by atoms with Gasteiger partial charge in [-0.2, -0.15) is 0 Å². The van der Waals surface area contributed by atoms with E-state index < -0.39 is 0 Å². The zero-order chi connectivity index (χ0) is 16.4. The van der Waals surface area contributed by atoms with E-state index >= 15 is 0 Å². The van der Waals surface area contributed by atoms with Gasteiger partial charge in [-0.25, -0.2) is 4.98 Å². The predicted octanol–water partition coefficient (Wildman–Crippen LogP) is 3.86. The maximum Gasteiger partial charge on any atom is 0.137 e. The monoisotopic (exact) mass is 307 g/mol. The summed E-state index contributed by atoms with van der Waals surface area (Å²) in [5, 5.41) is 0. The summed E-state index contributed by atoms with van der Waals surface area (Å²) in [6.07, 6.45) is 1.71. The smallest absolute Gasteiger partial charge is 0.137 e. The van der Waals surface area contributed by atoms with E-state index in [0.717, 1.165) is 24.2 Å². The third-order valence-electron chi connectivity index (χ3n) is 4.42. The first kappa shape index (κ1) is 15.8. The number of aryl methyl sites for hydroxylation is 1. The van der Waals surface area contributed by atoms with Crippen molar-refractivity contribution in [3.05, 3.63) is 70.7 Å². The summed E-state index contributed by atoms with van der Waals surface area (Å²) in [7, 11) is 0. The van der Waals surface area contributed by atoms with Gasteiger partial charge in [0.05, 0.1) is 5.69 Å². The van der Waals surface area contributed by atoms with E-state index in [1.54, 1.807) is 0 Å². The molecule has 3 aromatic rings. The van der Waals surface area contributed by atoms with Crippen LogP contribution in [-0.4, -0.2) is 15.9 Å². The fourth-order valence-corrected chi connectivity index (χ4v) is 3.12. The Kier molecular flexibility index (Phi) is 4.49. The second kappa shape index (κ2) is 6.55. The lowest BCUT2D eigenvalue weighted by Gasteiger charge is -2.08. The first-order valence-corrected chi connectivity index (χ1v) is 8.35. The highest BCUT2D eigenvalue weighted by Crippen LogP contribution is 2.21. The van der Waals surface area contributed by atoms with Crippen LogP contribution in [0.3, 0.4) is 0 Å². The fourth-order valence-electron chi connectivity index (χ4n) is 3.12. The van der Waals surface area contributed by atoms with Crippen molar-refractivity contribution < 1.29 is 0 Å². The summed E-state index contributed by atoms with van der Waals surface area (Å²) in [6.45, 7) is 7.20. The number of fused-ring (bicyclic) bond motifs is 1. The van der Waals surface area contributed by atoms with Gasteiger partial charge >= 0.3 is 0 Å². The number of nitrogens with two attached hydrogens (primary N) is 1. The Morgan fingerprint density at radius 2 is 1.83 bits per heavy atom. The Morgan fingerprint density at radius 1 is 1.09 bits per heavy atom. The van der Waals surface area contributed by atoms with E-state index in [-0.39, 0.29) is 0 Å². The van der Waals surface area contributed by atoms with E-state index in [9.17, 15) is 0 Å². The second-order valence-electron chi connectivity index (χ2n) is 6.48. The van der Waals surface area contributed by atoms with Crippen LogP contribution >= 0.6 is 0 Å². The minimum absolute atomic E-state index is 0.565. The molecule has 0 spiro atoms. The van der Waals surface area contributed by atoms with Crippen LogP contribution in [0.2, 0.25) is 0 Å². The van der Waals surface area contributed by atoms with Crippen molar-refractivity contribution in [1.82, 2.24) is 9.38 Å². The summed E-state index contributed by atoms with van der Waals surface area (Å²) in [4.78, 5) is 4.85. The molecular weight excluding hydrogens is 282 g/mol. The Hall–Kier alpha value is -2.13. The van der Waals surface area contributed by atoms with Crippen molar-refractivity contribution in [3.63, 3.8) is 0 Å². The van der Waals surface area contributed by atoms with Crippen molar-refractivity contribution >= 4 is 5.65 Å². The van der Waals surface area contributed by atoms with Crippen LogP contribution in [0.25, 0.3) is 5.65 Å². The fraction of sp³-hybridized carbons (Fsp3) is 0.350. The molecule has 0 bridgehead atoms. The van der Waals surface area contributed by atoms with Crippen molar-refractivity contribution in [1.29, 1.82) is 0 Å². The first-order valence-electron chi connectivity index (χ1n) is 8.35. The van der Waals surface area contributed by atoms with Gasteiger partial charge in [0, 0.05) is 24.2 Å². The van der Waals surface area contributed by atoms with Gasteiger partial charge in [-0.05, 0) is 42.6 Å². The predicted molar refractivity (Wildman–Crippen MR) is 96.0 cm³/mol. The van der Waals surface area contributed by atoms with Crippen LogP contribution in [0.1, 0.15) is 48.0 Å². The standard InChI is InChI=1S/C20H25N3/c1-14(2)17-9-7-16(8-10-17)13-18-19(11-12-21)23-15(3)5-4-6-20(23)22-18/h4-10,14H,11-13,21H2,1-3H3. The molecular formula is C20H25N3. The number of benzene rings is 1. The molecule has 23 heavy (non-hydrogen) atoms. The summed E-state index contributed by atoms with van der Waals surface area (Å²) < 4.78 is 2.24. The van der Waals surface area contributed by atoms with Gasteiger partial charge in [-0.1, -0.05) is 44.2 Å². The van der Waals surface area contributed by atoms with Crippen LogP contribution in [0.15, 0.2) is 42.5 Å². The summed E-state index contributed by atoms with van der Waals surface area (Å²) in [6, 6.07) is 15.1. The number of hydrogen-bond donors (Lipinski definition) is 1. The molecule has 120 valence electrons. The lowest BCUT2D eigenvalue weighted by Crippen LogP contribution is -2.08. The molecule has 3 heteroatoms. The molecule has 1 aromatic carbocycles. The normalized spacial score (nSPS) is 11.5. The van der Waals surface area contributed by atoms with Crippen LogP contribution in [0, 0.1) is 6.92 Å². The Bertz CT molecular complexity index is 798. The van der Waals surface area contributed by atoms with Gasteiger partial charge in [0.25, 0.3) is 0 Å². The molecule has 2 aromatic heterocycles. The van der Waals surface area contributed by atoms with E-state index in [4.69, 9.17) is 10.7 Å². The van der Waals surface area contributed by atoms with Crippen LogP contribution in [0.4, 0.5) is 0 Å². The average Bonchev–Trinajstić information content (AvgIpc) is 2.87. The van der Waals surface area contributed by atoms with Crippen molar-refractivity contribution in [2.24, 2.45) is 5.73 Å². The van der Waals surface area contributed by atoms with Crippen LogP contribution in [-0.2, 0) is 12.8 Å². The third-order valence-corrected chi connectivity index (χ3v) is 4.42. The van der Waals surface area contributed by atoms with Gasteiger partial charge in [0.2, 0.25) is 0 Å². The average molecular weight is 307 g/mol. The third kappa shape index (κ3) is 3.15. The van der Waals surface area contributed by atoms with Gasteiger partial charge in [-0.3, -0.25) is 0 Å². The minimum Gasteiger partial charge on any atom is -0.330 e. The number of pyridine rings is 1. The molecule has 2 heterocycles. The number of aromatic nitrogens is 2.